The summed E-state index contributed by atoms with van der Waals surface area (Å²) < 4.78 is 6.92. The molecule has 0 saturated carbocycles. The molecule has 2 aromatic rings. The highest BCUT2D eigenvalue weighted by molar-refractivity contribution is 5.63. The Labute approximate surface area is 124 Å². The first-order valence-electron chi connectivity index (χ1n) is 7.12. The molecule has 0 fully saturated rings. The van der Waals surface area contributed by atoms with Gasteiger partial charge in [0.05, 0.1) is 12.3 Å². The molecule has 112 valence electrons. The molecule has 1 aromatic carbocycles. The lowest BCUT2D eigenvalue weighted by molar-refractivity contribution is 0.340. The third-order valence-corrected chi connectivity index (χ3v) is 2.98. The fraction of sp³-hybridized carbons (Fsp3) is 0.375. The number of hydrogen-bond donors (Lipinski definition) is 1. The van der Waals surface area contributed by atoms with Crippen LogP contribution >= 0.6 is 0 Å². The molecule has 0 atom stereocenters. The number of benzene rings is 1. The number of nitrogen functional groups attached to an aromatic ring is 1. The molecule has 2 rings (SSSR count). The molecule has 5 heteroatoms. The average Bonchev–Trinajstić information content (AvgIpc) is 2.44. The Bertz CT molecular complexity index is 677. The number of nitrogens with two attached hydrogens (primary N) is 1. The summed E-state index contributed by atoms with van der Waals surface area (Å²) in [5.74, 6) is 1.09. The van der Waals surface area contributed by atoms with E-state index < -0.39 is 0 Å². The summed E-state index contributed by atoms with van der Waals surface area (Å²) in [6, 6.07) is 9.23. The van der Waals surface area contributed by atoms with Gasteiger partial charge in [-0.1, -0.05) is 26.0 Å². The molecule has 0 unspecified atom stereocenters. The first-order chi connectivity index (χ1) is 10.0. The third-order valence-electron chi connectivity index (χ3n) is 2.98. The normalized spacial score (nSPS) is 10.9. The van der Waals surface area contributed by atoms with E-state index in [4.69, 9.17) is 10.5 Å². The molecule has 0 saturated heterocycles. The van der Waals surface area contributed by atoms with Gasteiger partial charge in [-0.25, -0.2) is 4.68 Å². The number of anilines is 1. The van der Waals surface area contributed by atoms with E-state index in [0.717, 1.165) is 11.3 Å². The Morgan fingerprint density at radius 2 is 2.10 bits per heavy atom. The minimum absolute atomic E-state index is 0.211. The maximum Gasteiger partial charge on any atom is 0.289 e. The summed E-state index contributed by atoms with van der Waals surface area (Å²) in [7, 11) is 0. The molecule has 1 aromatic heterocycles. The molecule has 0 amide bonds. The Morgan fingerprint density at radius 3 is 2.76 bits per heavy atom. The van der Waals surface area contributed by atoms with Crippen LogP contribution in [-0.4, -0.2) is 16.4 Å². The van der Waals surface area contributed by atoms with Gasteiger partial charge in [-0.05, 0) is 31.0 Å². The Hall–Kier alpha value is -2.30. The SMILES string of the molecule is CCOc1cccc(-c2cc(N)c(=O)n(CC(C)C)n2)c1. The lowest BCUT2D eigenvalue weighted by Gasteiger charge is -2.11. The quantitative estimate of drug-likeness (QED) is 0.917. The summed E-state index contributed by atoms with van der Waals surface area (Å²) in [6.07, 6.45) is 0. The molecule has 21 heavy (non-hydrogen) atoms. The van der Waals surface area contributed by atoms with Crippen molar-refractivity contribution in [3.63, 3.8) is 0 Å². The van der Waals surface area contributed by atoms with Crippen molar-refractivity contribution in [3.8, 4) is 17.0 Å². The van der Waals surface area contributed by atoms with Gasteiger partial charge in [-0.15, -0.1) is 0 Å². The second-order valence-electron chi connectivity index (χ2n) is 5.33. The van der Waals surface area contributed by atoms with Gasteiger partial charge >= 0.3 is 0 Å². The molecule has 0 aliphatic rings. The fourth-order valence-corrected chi connectivity index (χ4v) is 2.08. The lowest BCUT2D eigenvalue weighted by Crippen LogP contribution is -2.27. The first-order valence-corrected chi connectivity index (χ1v) is 7.12. The van der Waals surface area contributed by atoms with Crippen molar-refractivity contribution < 1.29 is 4.74 Å². The van der Waals surface area contributed by atoms with Crippen molar-refractivity contribution in [2.24, 2.45) is 5.92 Å². The van der Waals surface area contributed by atoms with E-state index in [1.165, 1.54) is 4.68 Å². The van der Waals surface area contributed by atoms with Crippen molar-refractivity contribution >= 4 is 5.69 Å². The van der Waals surface area contributed by atoms with Crippen molar-refractivity contribution in [1.29, 1.82) is 0 Å². The van der Waals surface area contributed by atoms with Gasteiger partial charge < -0.3 is 10.5 Å². The van der Waals surface area contributed by atoms with Crippen molar-refractivity contribution in [2.75, 3.05) is 12.3 Å². The molecular weight excluding hydrogens is 266 g/mol. The molecule has 0 bridgehead atoms. The minimum Gasteiger partial charge on any atom is -0.494 e. The third kappa shape index (κ3) is 3.62. The van der Waals surface area contributed by atoms with Crippen LogP contribution in [0.3, 0.4) is 0 Å². The van der Waals surface area contributed by atoms with E-state index in [1.807, 2.05) is 45.0 Å². The summed E-state index contributed by atoms with van der Waals surface area (Å²) >= 11 is 0. The smallest absolute Gasteiger partial charge is 0.289 e. The second-order valence-corrected chi connectivity index (χ2v) is 5.33. The van der Waals surface area contributed by atoms with Crippen molar-refractivity contribution in [1.82, 2.24) is 9.78 Å². The zero-order valence-corrected chi connectivity index (χ0v) is 12.7. The van der Waals surface area contributed by atoms with E-state index in [1.54, 1.807) is 6.07 Å². The minimum atomic E-state index is -0.242. The average molecular weight is 287 g/mol. The number of nitrogens with zero attached hydrogens (tertiary/aromatic N) is 2. The molecule has 5 nitrogen and oxygen atoms in total. The van der Waals surface area contributed by atoms with Gasteiger partial charge in [0, 0.05) is 12.1 Å². The summed E-state index contributed by atoms with van der Waals surface area (Å²) in [5, 5.41) is 4.41. The van der Waals surface area contributed by atoms with Crippen LogP contribution in [0.25, 0.3) is 11.3 Å². The van der Waals surface area contributed by atoms with E-state index in [2.05, 4.69) is 5.10 Å². The van der Waals surface area contributed by atoms with E-state index in [9.17, 15) is 4.79 Å². The maximum atomic E-state index is 12.0. The van der Waals surface area contributed by atoms with Gasteiger partial charge in [0.2, 0.25) is 0 Å². The van der Waals surface area contributed by atoms with Gasteiger partial charge in [0.15, 0.2) is 0 Å². The number of ether oxygens (including phenoxy) is 1. The summed E-state index contributed by atoms with van der Waals surface area (Å²) in [6.45, 7) is 7.15. The number of rotatable bonds is 5. The van der Waals surface area contributed by atoms with Crippen LogP contribution < -0.4 is 16.0 Å². The highest BCUT2D eigenvalue weighted by atomic mass is 16.5. The number of hydrogen-bond acceptors (Lipinski definition) is 4. The lowest BCUT2D eigenvalue weighted by atomic mass is 10.1. The van der Waals surface area contributed by atoms with Crippen LogP contribution in [-0.2, 0) is 6.54 Å². The van der Waals surface area contributed by atoms with Crippen LogP contribution in [0.1, 0.15) is 20.8 Å². The number of aromatic nitrogens is 2. The van der Waals surface area contributed by atoms with Gasteiger partial charge in [-0.3, -0.25) is 4.79 Å². The van der Waals surface area contributed by atoms with Crippen LogP contribution in [0.15, 0.2) is 35.1 Å². The standard InChI is InChI=1S/C16H21N3O2/c1-4-21-13-7-5-6-12(8-13)15-9-14(17)16(20)19(18-15)10-11(2)3/h5-9,11H,4,10,17H2,1-3H3. The molecule has 1 heterocycles. The molecule has 0 radical (unpaired) electrons. The predicted octanol–water partition coefficient (Wildman–Crippen LogP) is 2.55. The molecule has 0 aliphatic heterocycles. The zero-order chi connectivity index (χ0) is 15.4. The molecule has 0 aliphatic carbocycles. The molecular formula is C16H21N3O2. The fourth-order valence-electron chi connectivity index (χ4n) is 2.08. The maximum absolute atomic E-state index is 12.0. The Morgan fingerprint density at radius 1 is 1.33 bits per heavy atom. The van der Waals surface area contributed by atoms with Crippen LogP contribution in [0.2, 0.25) is 0 Å². The van der Waals surface area contributed by atoms with Crippen molar-refractivity contribution in [3.05, 3.63) is 40.7 Å². The highest BCUT2D eigenvalue weighted by Gasteiger charge is 2.09. The van der Waals surface area contributed by atoms with Gasteiger partial charge in [0.25, 0.3) is 5.56 Å². The predicted molar refractivity (Wildman–Crippen MR) is 84.4 cm³/mol. The molecule has 0 spiro atoms. The summed E-state index contributed by atoms with van der Waals surface area (Å²) in [4.78, 5) is 12.0. The van der Waals surface area contributed by atoms with Crippen LogP contribution in [0.4, 0.5) is 5.69 Å². The molecule has 2 N–H and O–H groups in total. The van der Waals surface area contributed by atoms with Crippen molar-refractivity contribution in [2.45, 2.75) is 27.3 Å². The van der Waals surface area contributed by atoms with Gasteiger partial charge in [-0.2, -0.15) is 5.10 Å². The Kier molecular flexibility index (Phi) is 4.62. The Balaban J connectivity index is 2.46. The highest BCUT2D eigenvalue weighted by Crippen LogP contribution is 2.22. The topological polar surface area (TPSA) is 70.1 Å². The zero-order valence-electron chi connectivity index (χ0n) is 12.7. The monoisotopic (exact) mass is 287 g/mol. The van der Waals surface area contributed by atoms with Crippen LogP contribution in [0, 0.1) is 5.92 Å². The van der Waals surface area contributed by atoms with Crippen LogP contribution in [0.5, 0.6) is 5.75 Å². The summed E-state index contributed by atoms with van der Waals surface area (Å²) in [5.41, 5.74) is 7.35. The van der Waals surface area contributed by atoms with E-state index in [0.29, 0.717) is 24.8 Å². The first kappa shape index (κ1) is 15.1. The van der Waals surface area contributed by atoms with E-state index >= 15 is 0 Å². The second kappa shape index (κ2) is 6.43. The van der Waals surface area contributed by atoms with E-state index in [-0.39, 0.29) is 11.2 Å². The largest absolute Gasteiger partial charge is 0.494 e. The van der Waals surface area contributed by atoms with Gasteiger partial charge in [0.1, 0.15) is 11.4 Å².